The Morgan fingerprint density at radius 3 is 2.64 bits per heavy atom. The van der Waals surface area contributed by atoms with Gasteiger partial charge in [-0.3, -0.25) is 4.68 Å². The molecule has 4 rings (SSSR count). The van der Waals surface area contributed by atoms with Crippen molar-refractivity contribution in [2.75, 3.05) is 6.61 Å². The van der Waals surface area contributed by atoms with E-state index in [0.717, 1.165) is 12.1 Å². The minimum atomic E-state index is -3.69. The molecule has 0 amide bonds. The Bertz CT molecular complexity index is 1150. The molecule has 0 saturated carbocycles. The lowest BCUT2D eigenvalue weighted by atomic mass is 9.98. The molecule has 3 atom stereocenters. The van der Waals surface area contributed by atoms with Crippen LogP contribution in [0.2, 0.25) is 0 Å². The summed E-state index contributed by atoms with van der Waals surface area (Å²) in [7, 11) is -3.69. The molecule has 2 N–H and O–H groups in total. The van der Waals surface area contributed by atoms with E-state index in [1.807, 2.05) is 29.1 Å². The third kappa shape index (κ3) is 6.05. The first-order chi connectivity index (χ1) is 15.9. The zero-order valence-electron chi connectivity index (χ0n) is 18.7. The SMILES string of the molecule is Cc1ccccc1S(=O)(=O)N[C@H]1CC[C@@H](CCn2cc(Cc3ccccc3)nn2)O[C@@H]1CO. The molecule has 1 aliphatic rings. The van der Waals surface area contributed by atoms with Crippen LogP contribution < -0.4 is 4.72 Å². The van der Waals surface area contributed by atoms with Crippen LogP contribution >= 0.6 is 0 Å². The summed E-state index contributed by atoms with van der Waals surface area (Å²) >= 11 is 0. The topological polar surface area (TPSA) is 106 Å². The number of nitrogens with zero attached hydrogens (tertiary/aromatic N) is 3. The van der Waals surface area contributed by atoms with Crippen molar-refractivity contribution in [3.05, 3.63) is 77.6 Å². The standard InChI is InChI=1S/C24H30N4O4S/c1-18-7-5-6-10-24(18)33(30,31)26-22-12-11-21(32-23(22)17-29)13-14-28-16-20(25-27-28)15-19-8-3-2-4-9-19/h2-10,16,21-23,26,29H,11-15,17H2,1H3/t21-,22-,23+/m0/s1. The molecule has 0 spiro atoms. The average Bonchev–Trinajstić information content (AvgIpc) is 3.26. The van der Waals surface area contributed by atoms with Gasteiger partial charge in [0.05, 0.1) is 35.4 Å². The van der Waals surface area contributed by atoms with E-state index in [4.69, 9.17) is 4.74 Å². The monoisotopic (exact) mass is 470 g/mol. The van der Waals surface area contributed by atoms with Crippen molar-refractivity contribution in [3.8, 4) is 0 Å². The van der Waals surface area contributed by atoms with Gasteiger partial charge in [-0.1, -0.05) is 53.7 Å². The van der Waals surface area contributed by atoms with Crippen LogP contribution in [0, 0.1) is 6.92 Å². The first kappa shape index (κ1) is 23.6. The first-order valence-electron chi connectivity index (χ1n) is 11.2. The fraction of sp³-hybridized carbons (Fsp3) is 0.417. The smallest absolute Gasteiger partial charge is 0.241 e. The molecule has 0 aliphatic carbocycles. The number of aromatic nitrogens is 3. The lowest BCUT2D eigenvalue weighted by molar-refractivity contribution is -0.0891. The van der Waals surface area contributed by atoms with Crippen molar-refractivity contribution in [2.24, 2.45) is 0 Å². The molecule has 176 valence electrons. The summed E-state index contributed by atoms with van der Waals surface area (Å²) in [5, 5.41) is 18.3. The number of aryl methyl sites for hydroxylation is 2. The van der Waals surface area contributed by atoms with E-state index >= 15 is 0 Å². The molecule has 2 heterocycles. The Labute approximate surface area is 194 Å². The molecular weight excluding hydrogens is 440 g/mol. The minimum absolute atomic E-state index is 0.0804. The third-order valence-electron chi connectivity index (χ3n) is 5.98. The van der Waals surface area contributed by atoms with Crippen molar-refractivity contribution in [2.45, 2.75) is 62.3 Å². The fourth-order valence-corrected chi connectivity index (χ4v) is 5.75. The van der Waals surface area contributed by atoms with Gasteiger partial charge in [0, 0.05) is 19.2 Å². The number of benzene rings is 2. The molecule has 1 aliphatic heterocycles. The number of hydrogen-bond donors (Lipinski definition) is 2. The van der Waals surface area contributed by atoms with E-state index in [0.29, 0.717) is 31.4 Å². The highest BCUT2D eigenvalue weighted by Crippen LogP contribution is 2.24. The van der Waals surface area contributed by atoms with Gasteiger partial charge in [-0.2, -0.15) is 0 Å². The maximum atomic E-state index is 12.8. The summed E-state index contributed by atoms with van der Waals surface area (Å²) in [5.41, 5.74) is 2.77. The number of sulfonamides is 1. The van der Waals surface area contributed by atoms with E-state index in [9.17, 15) is 13.5 Å². The molecule has 2 aromatic carbocycles. The second kappa shape index (κ2) is 10.6. The lowest BCUT2D eigenvalue weighted by Crippen LogP contribution is -2.51. The van der Waals surface area contributed by atoms with E-state index in [1.54, 1.807) is 31.2 Å². The second-order valence-corrected chi connectivity index (χ2v) is 10.2. The Kier molecular flexibility index (Phi) is 7.54. The van der Waals surface area contributed by atoms with Crippen molar-refractivity contribution < 1.29 is 18.3 Å². The van der Waals surface area contributed by atoms with Gasteiger partial charge < -0.3 is 9.84 Å². The zero-order chi connectivity index (χ0) is 23.3. The highest BCUT2D eigenvalue weighted by Gasteiger charge is 2.34. The van der Waals surface area contributed by atoms with Crippen molar-refractivity contribution in [3.63, 3.8) is 0 Å². The molecule has 0 radical (unpaired) electrons. The average molecular weight is 471 g/mol. The van der Waals surface area contributed by atoms with Gasteiger partial charge >= 0.3 is 0 Å². The molecule has 0 unspecified atom stereocenters. The summed E-state index contributed by atoms with van der Waals surface area (Å²) < 4.78 is 36.3. The molecule has 8 nitrogen and oxygen atoms in total. The van der Waals surface area contributed by atoms with Crippen LogP contribution in [-0.4, -0.2) is 53.4 Å². The van der Waals surface area contributed by atoms with Crippen LogP contribution in [0.3, 0.4) is 0 Å². The predicted molar refractivity (Wildman–Crippen MR) is 124 cm³/mol. The normalized spacial score (nSPS) is 21.2. The molecule has 1 aromatic heterocycles. The number of aliphatic hydroxyl groups excluding tert-OH is 1. The van der Waals surface area contributed by atoms with Crippen LogP contribution in [0.4, 0.5) is 0 Å². The maximum absolute atomic E-state index is 12.8. The highest BCUT2D eigenvalue weighted by molar-refractivity contribution is 7.89. The van der Waals surface area contributed by atoms with E-state index in [1.165, 1.54) is 5.56 Å². The van der Waals surface area contributed by atoms with Gasteiger partial charge in [-0.15, -0.1) is 5.10 Å². The number of nitrogens with one attached hydrogen (secondary N) is 1. The van der Waals surface area contributed by atoms with Gasteiger partial charge in [-0.25, -0.2) is 13.1 Å². The molecule has 9 heteroatoms. The van der Waals surface area contributed by atoms with Crippen LogP contribution in [0.5, 0.6) is 0 Å². The van der Waals surface area contributed by atoms with Crippen molar-refractivity contribution in [1.82, 2.24) is 19.7 Å². The quantitative estimate of drug-likeness (QED) is 0.498. The van der Waals surface area contributed by atoms with Gasteiger partial charge in [0.25, 0.3) is 0 Å². The van der Waals surface area contributed by atoms with E-state index < -0.39 is 22.2 Å². The van der Waals surface area contributed by atoms with Gasteiger partial charge in [-0.05, 0) is 43.4 Å². The van der Waals surface area contributed by atoms with E-state index in [-0.39, 0.29) is 17.6 Å². The third-order valence-corrected chi connectivity index (χ3v) is 7.63. The predicted octanol–water partition coefficient (Wildman–Crippen LogP) is 2.45. The second-order valence-electron chi connectivity index (χ2n) is 8.47. The van der Waals surface area contributed by atoms with Gasteiger partial charge in [0.1, 0.15) is 0 Å². The van der Waals surface area contributed by atoms with Gasteiger partial charge in [0.2, 0.25) is 10.0 Å². The summed E-state index contributed by atoms with van der Waals surface area (Å²) in [6.07, 6.45) is 4.01. The number of ether oxygens (including phenoxy) is 1. The van der Waals surface area contributed by atoms with Crippen LogP contribution in [0.25, 0.3) is 0 Å². The molecule has 33 heavy (non-hydrogen) atoms. The molecule has 3 aromatic rings. The van der Waals surface area contributed by atoms with Crippen LogP contribution in [0.1, 0.15) is 36.1 Å². The summed E-state index contributed by atoms with van der Waals surface area (Å²) in [5.74, 6) is 0. The Morgan fingerprint density at radius 1 is 1.12 bits per heavy atom. The van der Waals surface area contributed by atoms with Crippen LogP contribution in [-0.2, 0) is 27.7 Å². The Balaban J connectivity index is 1.30. The van der Waals surface area contributed by atoms with Crippen LogP contribution in [0.15, 0.2) is 65.7 Å². The maximum Gasteiger partial charge on any atom is 0.241 e. The first-order valence-corrected chi connectivity index (χ1v) is 12.7. The van der Waals surface area contributed by atoms with E-state index in [2.05, 4.69) is 27.2 Å². The van der Waals surface area contributed by atoms with Crippen molar-refractivity contribution in [1.29, 1.82) is 0 Å². The Morgan fingerprint density at radius 2 is 1.88 bits per heavy atom. The summed E-state index contributed by atoms with van der Waals surface area (Å²) in [6, 6.07) is 16.5. The highest BCUT2D eigenvalue weighted by atomic mass is 32.2. The Hall–Kier alpha value is -2.59. The molecule has 0 bridgehead atoms. The number of rotatable bonds is 9. The summed E-state index contributed by atoms with van der Waals surface area (Å²) in [6.45, 7) is 2.16. The number of hydrogen-bond acceptors (Lipinski definition) is 6. The number of aliphatic hydroxyl groups is 1. The summed E-state index contributed by atoms with van der Waals surface area (Å²) in [4.78, 5) is 0.251. The molecule has 1 saturated heterocycles. The fourth-order valence-electron chi connectivity index (χ4n) is 4.21. The van der Waals surface area contributed by atoms with Gasteiger partial charge in [0.15, 0.2) is 0 Å². The lowest BCUT2D eigenvalue weighted by Gasteiger charge is -2.36. The zero-order valence-corrected chi connectivity index (χ0v) is 19.5. The molecular formula is C24H30N4O4S. The molecule has 1 fully saturated rings. The minimum Gasteiger partial charge on any atom is -0.394 e. The van der Waals surface area contributed by atoms with Crippen molar-refractivity contribution >= 4 is 10.0 Å². The largest absolute Gasteiger partial charge is 0.394 e.